The first-order chi connectivity index (χ1) is 15.0. The normalized spacial score (nSPS) is 21.9. The third-order valence-electron chi connectivity index (χ3n) is 6.56. The molecular weight excluding hydrogens is 472 g/mol. The van der Waals surface area contributed by atoms with Gasteiger partial charge in [0, 0.05) is 36.5 Å². The van der Waals surface area contributed by atoms with Gasteiger partial charge >= 0.3 is 6.09 Å². The number of pyridine rings is 1. The minimum atomic E-state index is -0.748. The van der Waals surface area contributed by atoms with Crippen LogP contribution >= 0.6 is 15.9 Å². The molecule has 2 amide bonds. The molecule has 2 heterocycles. The van der Waals surface area contributed by atoms with Crippen LogP contribution in [0.2, 0.25) is 0 Å². The standard InChI is InChI=1S/C24H31BrN4O3/c1-17-15-28(12-13-29(17,23(31)32)24(2,3)4)16-18-6-9-20(10-7-18)27(5)22(30)21-11-8-19(25)14-26-21/h6-11,14,17H,12-13,15-16H2,1-5H3/p+1/t17-,29?/m0/s1. The molecule has 0 spiro atoms. The van der Waals surface area contributed by atoms with Gasteiger partial charge in [0.25, 0.3) is 5.91 Å². The largest absolute Gasteiger partial charge is 0.514 e. The lowest BCUT2D eigenvalue weighted by atomic mass is 9.95. The third kappa shape index (κ3) is 4.72. The van der Waals surface area contributed by atoms with E-state index in [-0.39, 0.29) is 22.0 Å². The molecule has 3 rings (SSSR count). The number of carboxylic acid groups (broad SMARTS) is 1. The SMILES string of the molecule is C[C@H]1CN(Cc2ccc(N(C)C(=O)c3ccc(Br)cn3)cc2)CC[N+]1(C(=O)O)C(C)(C)C. The molecule has 1 aliphatic rings. The summed E-state index contributed by atoms with van der Waals surface area (Å²) in [5, 5.41) is 10.0. The van der Waals surface area contributed by atoms with E-state index < -0.39 is 6.09 Å². The summed E-state index contributed by atoms with van der Waals surface area (Å²) in [5.74, 6) is -0.167. The second kappa shape index (κ2) is 9.29. The maximum Gasteiger partial charge on any atom is 0.514 e. The Bertz CT molecular complexity index is 972. The number of benzene rings is 1. The van der Waals surface area contributed by atoms with Gasteiger partial charge in [0.1, 0.15) is 23.8 Å². The van der Waals surface area contributed by atoms with E-state index in [0.29, 0.717) is 12.2 Å². The van der Waals surface area contributed by atoms with Crippen LogP contribution in [-0.4, -0.2) is 69.7 Å². The van der Waals surface area contributed by atoms with Crippen LogP contribution in [0.5, 0.6) is 0 Å². The molecule has 2 atom stereocenters. The number of anilines is 1. The third-order valence-corrected chi connectivity index (χ3v) is 7.03. The summed E-state index contributed by atoms with van der Waals surface area (Å²) in [4.78, 5) is 32.9. The van der Waals surface area contributed by atoms with Crippen molar-refractivity contribution in [3.63, 3.8) is 0 Å². The van der Waals surface area contributed by atoms with E-state index in [1.165, 1.54) is 0 Å². The summed E-state index contributed by atoms with van der Waals surface area (Å²) in [5.41, 5.74) is 1.96. The minimum absolute atomic E-state index is 0.0114. The van der Waals surface area contributed by atoms with Crippen molar-refractivity contribution in [3.8, 4) is 0 Å². The summed E-state index contributed by atoms with van der Waals surface area (Å²) < 4.78 is 0.911. The predicted molar refractivity (Wildman–Crippen MR) is 129 cm³/mol. The highest BCUT2D eigenvalue weighted by Crippen LogP contribution is 2.32. The van der Waals surface area contributed by atoms with Gasteiger partial charge < -0.3 is 10.0 Å². The fourth-order valence-corrected chi connectivity index (χ4v) is 4.94. The van der Waals surface area contributed by atoms with Gasteiger partial charge in [-0.05, 0) is 73.5 Å². The molecule has 1 fully saturated rings. The van der Waals surface area contributed by atoms with E-state index >= 15 is 0 Å². The Balaban J connectivity index is 1.66. The highest BCUT2D eigenvalue weighted by atomic mass is 79.9. The number of carbonyl (C=O) groups excluding carboxylic acids is 1. The van der Waals surface area contributed by atoms with E-state index in [2.05, 4.69) is 25.8 Å². The van der Waals surface area contributed by atoms with Gasteiger partial charge in [0.15, 0.2) is 0 Å². The van der Waals surface area contributed by atoms with E-state index in [1.54, 1.807) is 30.3 Å². The molecule has 1 saturated heterocycles. The molecule has 32 heavy (non-hydrogen) atoms. The average Bonchev–Trinajstić information content (AvgIpc) is 2.73. The lowest BCUT2D eigenvalue weighted by molar-refractivity contribution is -0.929. The Hall–Kier alpha value is -2.29. The molecule has 1 aliphatic heterocycles. The maximum absolute atomic E-state index is 12.7. The smallest absolute Gasteiger partial charge is 0.435 e. The first kappa shape index (κ1) is 24.4. The van der Waals surface area contributed by atoms with Crippen molar-refractivity contribution < 1.29 is 19.2 Å². The van der Waals surface area contributed by atoms with E-state index in [4.69, 9.17) is 0 Å². The number of halogens is 1. The number of hydrogen-bond acceptors (Lipinski definition) is 4. The molecule has 1 aromatic heterocycles. The summed E-state index contributed by atoms with van der Waals surface area (Å²) in [6, 6.07) is 11.4. The number of quaternary nitrogens is 1. The second-order valence-corrected chi connectivity index (χ2v) is 10.4. The Labute approximate surface area is 198 Å². The van der Waals surface area contributed by atoms with Crippen LogP contribution in [0.15, 0.2) is 47.1 Å². The molecule has 0 aliphatic carbocycles. The highest BCUT2D eigenvalue weighted by Gasteiger charge is 2.54. The number of aromatic nitrogens is 1. The van der Waals surface area contributed by atoms with Crippen molar-refractivity contribution in [1.82, 2.24) is 9.88 Å². The fourth-order valence-electron chi connectivity index (χ4n) is 4.71. The van der Waals surface area contributed by atoms with Crippen molar-refractivity contribution in [2.24, 2.45) is 0 Å². The van der Waals surface area contributed by atoms with Crippen LogP contribution in [0, 0.1) is 0 Å². The van der Waals surface area contributed by atoms with Gasteiger partial charge in [-0.2, -0.15) is 4.79 Å². The molecule has 0 radical (unpaired) electrons. The van der Waals surface area contributed by atoms with Crippen molar-refractivity contribution >= 4 is 33.6 Å². The minimum Gasteiger partial charge on any atom is -0.435 e. The van der Waals surface area contributed by atoms with Crippen molar-refractivity contribution in [2.75, 3.05) is 31.6 Å². The number of nitrogens with zero attached hydrogens (tertiary/aromatic N) is 4. The van der Waals surface area contributed by atoms with E-state index in [0.717, 1.165) is 35.4 Å². The lowest BCUT2D eigenvalue weighted by Crippen LogP contribution is -2.73. The van der Waals surface area contributed by atoms with Crippen LogP contribution in [0.4, 0.5) is 10.5 Å². The Kier molecular flexibility index (Phi) is 7.07. The van der Waals surface area contributed by atoms with Crippen molar-refractivity contribution in [1.29, 1.82) is 0 Å². The maximum atomic E-state index is 12.7. The Morgan fingerprint density at radius 2 is 1.88 bits per heavy atom. The molecule has 172 valence electrons. The second-order valence-electron chi connectivity index (χ2n) is 9.52. The van der Waals surface area contributed by atoms with Crippen LogP contribution in [0.3, 0.4) is 0 Å². The van der Waals surface area contributed by atoms with Gasteiger partial charge in [0.2, 0.25) is 0 Å². The van der Waals surface area contributed by atoms with Gasteiger partial charge in [-0.3, -0.25) is 9.69 Å². The first-order valence-corrected chi connectivity index (χ1v) is 11.6. The molecule has 1 unspecified atom stereocenters. The van der Waals surface area contributed by atoms with Gasteiger partial charge in [-0.15, -0.1) is 0 Å². The first-order valence-electron chi connectivity index (χ1n) is 10.8. The van der Waals surface area contributed by atoms with Crippen LogP contribution in [0.25, 0.3) is 0 Å². The molecule has 0 saturated carbocycles. The fraction of sp³-hybridized carbons (Fsp3) is 0.458. The summed E-state index contributed by atoms with van der Waals surface area (Å²) >= 11 is 3.33. The molecule has 1 aromatic carbocycles. The molecule has 0 bridgehead atoms. The predicted octanol–water partition coefficient (Wildman–Crippen LogP) is 4.62. The van der Waals surface area contributed by atoms with Crippen LogP contribution in [0.1, 0.15) is 43.7 Å². The monoisotopic (exact) mass is 503 g/mol. The number of rotatable bonds is 4. The Morgan fingerprint density at radius 1 is 1.22 bits per heavy atom. The summed E-state index contributed by atoms with van der Waals surface area (Å²) in [6.07, 6.45) is 0.864. The number of piperazine rings is 1. The molecule has 8 heteroatoms. The highest BCUT2D eigenvalue weighted by molar-refractivity contribution is 9.10. The zero-order valence-electron chi connectivity index (χ0n) is 19.4. The molecular formula is C24H32BrN4O3+. The number of hydrogen-bond donors (Lipinski definition) is 1. The molecule has 1 N–H and O–H groups in total. The average molecular weight is 504 g/mol. The van der Waals surface area contributed by atoms with E-state index in [1.807, 2.05) is 52.0 Å². The van der Waals surface area contributed by atoms with Crippen molar-refractivity contribution in [2.45, 2.75) is 45.8 Å². The zero-order chi connectivity index (χ0) is 23.7. The summed E-state index contributed by atoms with van der Waals surface area (Å²) in [7, 11) is 1.74. The summed E-state index contributed by atoms with van der Waals surface area (Å²) in [6.45, 7) is 10.8. The van der Waals surface area contributed by atoms with Gasteiger partial charge in [-0.25, -0.2) is 9.47 Å². The quantitative estimate of drug-likeness (QED) is 0.616. The molecule has 2 aromatic rings. The Morgan fingerprint density at radius 3 is 2.38 bits per heavy atom. The van der Waals surface area contributed by atoms with E-state index in [9.17, 15) is 14.7 Å². The lowest BCUT2D eigenvalue weighted by Gasteiger charge is -2.52. The topological polar surface area (TPSA) is 73.7 Å². The number of carbonyl (C=O) groups is 2. The van der Waals surface area contributed by atoms with Crippen LogP contribution in [-0.2, 0) is 6.54 Å². The van der Waals surface area contributed by atoms with Gasteiger partial charge in [-0.1, -0.05) is 12.1 Å². The van der Waals surface area contributed by atoms with Gasteiger partial charge in [0.05, 0.1) is 6.54 Å². The van der Waals surface area contributed by atoms with Crippen molar-refractivity contribution in [3.05, 3.63) is 58.3 Å². The molecule has 7 nitrogen and oxygen atoms in total. The zero-order valence-corrected chi connectivity index (χ0v) is 21.0. The number of amides is 2. The van der Waals surface area contributed by atoms with Crippen LogP contribution < -0.4 is 4.90 Å².